The fourth-order valence-corrected chi connectivity index (χ4v) is 3.14. The second-order valence-corrected chi connectivity index (χ2v) is 6.97. The van der Waals surface area contributed by atoms with Gasteiger partial charge in [-0.25, -0.2) is 5.43 Å². The van der Waals surface area contributed by atoms with Crippen LogP contribution in [0, 0.1) is 13.8 Å². The molecule has 0 aliphatic heterocycles. The van der Waals surface area contributed by atoms with Crippen LogP contribution in [-0.4, -0.2) is 16.7 Å². The van der Waals surface area contributed by atoms with Gasteiger partial charge in [0.05, 0.1) is 6.21 Å². The highest BCUT2D eigenvalue weighted by Crippen LogP contribution is 2.22. The van der Waals surface area contributed by atoms with Crippen LogP contribution in [0.2, 0.25) is 0 Å². The first-order valence-corrected chi connectivity index (χ1v) is 9.15. The molecular formula is C23H25N3O. The predicted octanol–water partition coefficient (Wildman–Crippen LogP) is 4.98. The molecule has 1 N–H and O–H groups in total. The molecule has 4 nitrogen and oxygen atoms in total. The van der Waals surface area contributed by atoms with Crippen molar-refractivity contribution in [3.8, 4) is 5.69 Å². The van der Waals surface area contributed by atoms with E-state index in [1.165, 1.54) is 5.56 Å². The van der Waals surface area contributed by atoms with Crippen LogP contribution in [0.25, 0.3) is 5.69 Å². The second kappa shape index (κ2) is 8.04. The maximum Gasteiger partial charge on any atom is 0.271 e. The molecule has 0 unspecified atom stereocenters. The van der Waals surface area contributed by atoms with Crippen LogP contribution in [0.4, 0.5) is 0 Å². The van der Waals surface area contributed by atoms with E-state index in [2.05, 4.69) is 73.1 Å². The van der Waals surface area contributed by atoms with Gasteiger partial charge in [-0.1, -0.05) is 44.2 Å². The highest BCUT2D eigenvalue weighted by Gasteiger charge is 2.10. The van der Waals surface area contributed by atoms with Crippen molar-refractivity contribution in [2.45, 2.75) is 33.6 Å². The number of nitrogens with one attached hydrogen (secondary N) is 1. The third-order valence-electron chi connectivity index (χ3n) is 4.69. The van der Waals surface area contributed by atoms with Gasteiger partial charge in [0.25, 0.3) is 5.91 Å². The molecule has 4 heteroatoms. The van der Waals surface area contributed by atoms with Crippen molar-refractivity contribution in [2.75, 3.05) is 0 Å². The molecule has 3 rings (SSSR count). The molecule has 0 spiro atoms. The first kappa shape index (κ1) is 18.6. The number of nitrogens with zero attached hydrogens (tertiary/aromatic N) is 2. The topological polar surface area (TPSA) is 46.4 Å². The molecule has 1 amide bonds. The standard InChI is InChI=1S/C23H25N3O/c1-16(2)19-10-12-22(13-11-19)26-17(3)14-21(18(26)4)15-24-25-23(27)20-8-6-5-7-9-20/h5-16H,1-4H3,(H,25,27)/b24-15+. The van der Waals surface area contributed by atoms with Gasteiger partial charge in [0.2, 0.25) is 0 Å². The Morgan fingerprint density at radius 2 is 1.70 bits per heavy atom. The molecule has 1 heterocycles. The molecule has 1 aromatic heterocycles. The van der Waals surface area contributed by atoms with Gasteiger partial charge in [0, 0.05) is 28.2 Å². The number of carbonyl (C=O) groups excluding carboxylic acids is 1. The van der Waals surface area contributed by atoms with E-state index in [1.807, 2.05) is 18.2 Å². The predicted molar refractivity (Wildman–Crippen MR) is 111 cm³/mol. The third kappa shape index (κ3) is 4.17. The zero-order valence-electron chi connectivity index (χ0n) is 16.2. The van der Waals surface area contributed by atoms with Crippen molar-refractivity contribution >= 4 is 12.1 Å². The molecule has 0 saturated carbocycles. The number of hydrogen-bond donors (Lipinski definition) is 1. The summed E-state index contributed by atoms with van der Waals surface area (Å²) in [6.07, 6.45) is 1.70. The Balaban J connectivity index is 1.78. The van der Waals surface area contributed by atoms with E-state index in [1.54, 1.807) is 18.3 Å². The summed E-state index contributed by atoms with van der Waals surface area (Å²) in [5, 5.41) is 4.13. The Hall–Kier alpha value is -3.14. The van der Waals surface area contributed by atoms with E-state index in [4.69, 9.17) is 0 Å². The molecule has 0 aliphatic carbocycles. The molecule has 0 bridgehead atoms. The van der Waals surface area contributed by atoms with Crippen LogP contribution < -0.4 is 5.43 Å². The summed E-state index contributed by atoms with van der Waals surface area (Å²) in [6.45, 7) is 8.52. The zero-order chi connectivity index (χ0) is 19.4. The lowest BCUT2D eigenvalue weighted by molar-refractivity contribution is 0.0955. The van der Waals surface area contributed by atoms with Gasteiger partial charge in [0.15, 0.2) is 0 Å². The number of rotatable bonds is 5. The maximum atomic E-state index is 12.1. The van der Waals surface area contributed by atoms with E-state index in [0.29, 0.717) is 11.5 Å². The molecular weight excluding hydrogens is 334 g/mol. The fraction of sp³-hybridized carbons (Fsp3) is 0.217. The molecule has 0 saturated heterocycles. The first-order valence-electron chi connectivity index (χ1n) is 9.15. The summed E-state index contributed by atoms with van der Waals surface area (Å²) in [5.41, 5.74) is 8.82. The summed E-state index contributed by atoms with van der Waals surface area (Å²) < 4.78 is 2.20. The average molecular weight is 359 g/mol. The molecule has 0 fully saturated rings. The third-order valence-corrected chi connectivity index (χ3v) is 4.69. The van der Waals surface area contributed by atoms with Crippen LogP contribution in [-0.2, 0) is 0 Å². The molecule has 0 aliphatic rings. The minimum atomic E-state index is -0.218. The summed E-state index contributed by atoms with van der Waals surface area (Å²) in [7, 11) is 0. The largest absolute Gasteiger partial charge is 0.318 e. The Morgan fingerprint density at radius 1 is 1.04 bits per heavy atom. The number of carbonyl (C=O) groups is 1. The number of hydrogen-bond acceptors (Lipinski definition) is 2. The molecule has 3 aromatic rings. The normalized spacial score (nSPS) is 11.3. The van der Waals surface area contributed by atoms with Gasteiger partial charge in [-0.3, -0.25) is 4.79 Å². The van der Waals surface area contributed by atoms with Crippen molar-refractivity contribution < 1.29 is 4.79 Å². The Bertz CT molecular complexity index is 951. The molecule has 27 heavy (non-hydrogen) atoms. The van der Waals surface area contributed by atoms with Gasteiger partial charge in [-0.05, 0) is 55.7 Å². The van der Waals surface area contributed by atoms with E-state index >= 15 is 0 Å². The zero-order valence-corrected chi connectivity index (χ0v) is 16.2. The number of hydrazone groups is 1. The van der Waals surface area contributed by atoms with E-state index in [0.717, 1.165) is 22.6 Å². The summed E-state index contributed by atoms with van der Waals surface area (Å²) in [5.74, 6) is 0.298. The van der Waals surface area contributed by atoms with Gasteiger partial charge in [-0.15, -0.1) is 0 Å². The van der Waals surface area contributed by atoms with Crippen LogP contribution in [0.1, 0.15) is 52.6 Å². The van der Waals surface area contributed by atoms with E-state index in [-0.39, 0.29) is 5.91 Å². The van der Waals surface area contributed by atoms with Crippen molar-refractivity contribution in [3.05, 3.63) is 88.7 Å². The van der Waals surface area contributed by atoms with Gasteiger partial charge >= 0.3 is 0 Å². The second-order valence-electron chi connectivity index (χ2n) is 6.97. The van der Waals surface area contributed by atoms with Gasteiger partial charge < -0.3 is 4.57 Å². The number of amides is 1. The van der Waals surface area contributed by atoms with Gasteiger partial charge in [-0.2, -0.15) is 5.10 Å². The fourth-order valence-electron chi connectivity index (χ4n) is 3.14. The Kier molecular flexibility index (Phi) is 5.55. The monoisotopic (exact) mass is 359 g/mol. The first-order chi connectivity index (χ1) is 13.0. The summed E-state index contributed by atoms with van der Waals surface area (Å²) in [6, 6.07) is 19.8. The van der Waals surface area contributed by atoms with Crippen molar-refractivity contribution in [1.82, 2.24) is 9.99 Å². The van der Waals surface area contributed by atoms with Crippen LogP contribution in [0.3, 0.4) is 0 Å². The van der Waals surface area contributed by atoms with Gasteiger partial charge in [0.1, 0.15) is 0 Å². The number of aromatic nitrogens is 1. The van der Waals surface area contributed by atoms with Crippen LogP contribution in [0.5, 0.6) is 0 Å². The minimum Gasteiger partial charge on any atom is -0.318 e. The number of aryl methyl sites for hydroxylation is 1. The Morgan fingerprint density at radius 3 is 2.33 bits per heavy atom. The van der Waals surface area contributed by atoms with E-state index in [9.17, 15) is 4.79 Å². The molecule has 0 radical (unpaired) electrons. The average Bonchev–Trinajstić information content (AvgIpc) is 2.96. The summed E-state index contributed by atoms with van der Waals surface area (Å²) >= 11 is 0. The highest BCUT2D eigenvalue weighted by molar-refractivity contribution is 5.94. The van der Waals surface area contributed by atoms with Crippen molar-refractivity contribution in [2.24, 2.45) is 5.10 Å². The molecule has 2 aromatic carbocycles. The van der Waals surface area contributed by atoms with Crippen LogP contribution >= 0.6 is 0 Å². The quantitative estimate of drug-likeness (QED) is 0.507. The molecule has 0 atom stereocenters. The van der Waals surface area contributed by atoms with Crippen molar-refractivity contribution in [3.63, 3.8) is 0 Å². The lowest BCUT2D eigenvalue weighted by atomic mass is 10.0. The summed E-state index contributed by atoms with van der Waals surface area (Å²) in [4.78, 5) is 12.1. The highest BCUT2D eigenvalue weighted by atomic mass is 16.2. The van der Waals surface area contributed by atoms with Crippen LogP contribution in [0.15, 0.2) is 65.8 Å². The smallest absolute Gasteiger partial charge is 0.271 e. The van der Waals surface area contributed by atoms with Crippen molar-refractivity contribution in [1.29, 1.82) is 0 Å². The SMILES string of the molecule is Cc1cc(/C=N/NC(=O)c2ccccc2)c(C)n1-c1ccc(C(C)C)cc1. The lowest BCUT2D eigenvalue weighted by Gasteiger charge is -2.12. The lowest BCUT2D eigenvalue weighted by Crippen LogP contribution is -2.17. The number of benzene rings is 2. The minimum absolute atomic E-state index is 0.218. The maximum absolute atomic E-state index is 12.1. The van der Waals surface area contributed by atoms with E-state index < -0.39 is 0 Å². The molecule has 138 valence electrons. The Labute approximate surface area is 160 Å².